The zero-order chi connectivity index (χ0) is 14.9. The molecule has 20 heavy (non-hydrogen) atoms. The van der Waals surface area contributed by atoms with Gasteiger partial charge in [0.1, 0.15) is 0 Å². The highest BCUT2D eigenvalue weighted by molar-refractivity contribution is 7.12. The largest absolute Gasteiger partial charge is 0.399 e. The van der Waals surface area contributed by atoms with Crippen molar-refractivity contribution in [2.45, 2.75) is 26.8 Å². The molecule has 1 heterocycles. The normalized spacial score (nSPS) is 12.2. The van der Waals surface area contributed by atoms with E-state index >= 15 is 0 Å². The minimum atomic E-state index is -0.000969. The molecule has 2 rings (SSSR count). The molecule has 106 valence electrons. The van der Waals surface area contributed by atoms with Crippen LogP contribution in [0.1, 0.15) is 38.6 Å². The fraction of sp³-hybridized carbons (Fsp3) is 0.312. The van der Waals surface area contributed by atoms with Gasteiger partial charge < -0.3 is 10.6 Å². The molecule has 3 nitrogen and oxygen atoms in total. The molecule has 0 fully saturated rings. The number of nitrogens with two attached hydrogens (primary N) is 1. The number of rotatable bonds is 3. The van der Waals surface area contributed by atoms with Crippen LogP contribution in [-0.2, 0) is 0 Å². The topological polar surface area (TPSA) is 46.3 Å². The summed E-state index contributed by atoms with van der Waals surface area (Å²) in [7, 11) is 1.83. The number of benzene rings is 1. The Morgan fingerprint density at radius 2 is 1.95 bits per heavy atom. The number of hydrogen-bond acceptors (Lipinski definition) is 3. The van der Waals surface area contributed by atoms with Gasteiger partial charge in [0.15, 0.2) is 0 Å². The highest BCUT2D eigenvalue weighted by Gasteiger charge is 2.20. The summed E-state index contributed by atoms with van der Waals surface area (Å²) in [6.07, 6.45) is 0. The van der Waals surface area contributed by atoms with Crippen LogP contribution in [0.2, 0.25) is 0 Å². The van der Waals surface area contributed by atoms with E-state index in [0.717, 1.165) is 5.56 Å². The number of hydrogen-bond donors (Lipinski definition) is 1. The van der Waals surface area contributed by atoms with Gasteiger partial charge in [0, 0.05) is 28.1 Å². The SMILES string of the molecule is Cc1cc(N)cc(C(=O)N(C)C(C)c2ccc(C)s2)c1. The molecule has 0 aliphatic heterocycles. The molecule has 0 aliphatic carbocycles. The van der Waals surface area contributed by atoms with Crippen molar-refractivity contribution < 1.29 is 4.79 Å². The van der Waals surface area contributed by atoms with E-state index in [-0.39, 0.29) is 11.9 Å². The molecule has 4 heteroatoms. The standard InChI is InChI=1S/C16H20N2OS/c1-10-7-13(9-14(17)8-10)16(19)18(4)12(3)15-6-5-11(2)20-15/h5-9,12H,17H2,1-4H3. The zero-order valence-electron chi connectivity index (χ0n) is 12.3. The lowest BCUT2D eigenvalue weighted by Crippen LogP contribution is -2.29. The van der Waals surface area contributed by atoms with Gasteiger partial charge in [0.05, 0.1) is 6.04 Å². The van der Waals surface area contributed by atoms with Gasteiger partial charge in [-0.25, -0.2) is 0 Å². The molecule has 1 aromatic carbocycles. The van der Waals surface area contributed by atoms with Gasteiger partial charge in [-0.3, -0.25) is 4.79 Å². The van der Waals surface area contributed by atoms with Gasteiger partial charge in [0.25, 0.3) is 5.91 Å². The molecule has 2 aromatic rings. The van der Waals surface area contributed by atoms with Crippen molar-refractivity contribution in [3.8, 4) is 0 Å². The van der Waals surface area contributed by atoms with Gasteiger partial charge >= 0.3 is 0 Å². The summed E-state index contributed by atoms with van der Waals surface area (Å²) in [5.74, 6) is -0.000969. The van der Waals surface area contributed by atoms with Crippen LogP contribution in [0, 0.1) is 13.8 Å². The Hall–Kier alpha value is -1.81. The monoisotopic (exact) mass is 288 g/mol. The van der Waals surface area contributed by atoms with E-state index in [9.17, 15) is 4.79 Å². The molecule has 1 atom stereocenters. The van der Waals surface area contributed by atoms with Crippen LogP contribution in [0.5, 0.6) is 0 Å². The average Bonchev–Trinajstić information content (AvgIpc) is 2.81. The van der Waals surface area contributed by atoms with Crippen LogP contribution in [0.25, 0.3) is 0 Å². The molecular weight excluding hydrogens is 268 g/mol. The van der Waals surface area contributed by atoms with Crippen LogP contribution < -0.4 is 5.73 Å². The molecule has 0 spiro atoms. The van der Waals surface area contributed by atoms with E-state index in [0.29, 0.717) is 11.3 Å². The number of amides is 1. The summed E-state index contributed by atoms with van der Waals surface area (Å²) in [6, 6.07) is 9.70. The third-order valence-corrected chi connectivity index (χ3v) is 4.59. The summed E-state index contributed by atoms with van der Waals surface area (Å²) < 4.78 is 0. The quantitative estimate of drug-likeness (QED) is 0.874. The molecule has 0 bridgehead atoms. The highest BCUT2D eigenvalue weighted by Crippen LogP contribution is 2.27. The Morgan fingerprint density at radius 3 is 2.50 bits per heavy atom. The van der Waals surface area contributed by atoms with Crippen LogP contribution in [0.3, 0.4) is 0 Å². The first-order chi connectivity index (χ1) is 9.38. The van der Waals surface area contributed by atoms with Crippen molar-refractivity contribution in [3.05, 3.63) is 51.2 Å². The lowest BCUT2D eigenvalue weighted by atomic mass is 10.1. The van der Waals surface area contributed by atoms with Crippen molar-refractivity contribution in [3.63, 3.8) is 0 Å². The van der Waals surface area contributed by atoms with E-state index in [2.05, 4.69) is 19.1 Å². The number of nitrogen functional groups attached to an aromatic ring is 1. The fourth-order valence-corrected chi connectivity index (χ4v) is 3.16. The van der Waals surface area contributed by atoms with E-state index in [1.54, 1.807) is 22.3 Å². The Labute approximate surface area is 124 Å². The summed E-state index contributed by atoms with van der Waals surface area (Å²) in [4.78, 5) is 16.8. The smallest absolute Gasteiger partial charge is 0.254 e. The number of thiophene rings is 1. The van der Waals surface area contributed by atoms with Crippen LogP contribution >= 0.6 is 11.3 Å². The van der Waals surface area contributed by atoms with Gasteiger partial charge in [0.2, 0.25) is 0 Å². The number of anilines is 1. The van der Waals surface area contributed by atoms with E-state index in [1.807, 2.05) is 33.0 Å². The van der Waals surface area contributed by atoms with Crippen molar-refractivity contribution >= 4 is 22.9 Å². The average molecular weight is 288 g/mol. The number of nitrogens with zero attached hydrogens (tertiary/aromatic N) is 1. The van der Waals surface area contributed by atoms with Crippen LogP contribution in [0.4, 0.5) is 5.69 Å². The maximum Gasteiger partial charge on any atom is 0.254 e. The van der Waals surface area contributed by atoms with Crippen molar-refractivity contribution in [2.24, 2.45) is 0 Å². The van der Waals surface area contributed by atoms with Gasteiger partial charge in [-0.15, -0.1) is 11.3 Å². The Bertz CT molecular complexity index is 613. The van der Waals surface area contributed by atoms with Gasteiger partial charge in [-0.05, 0) is 56.7 Å². The molecule has 1 unspecified atom stereocenters. The Balaban J connectivity index is 2.23. The van der Waals surface area contributed by atoms with Crippen molar-refractivity contribution in [2.75, 3.05) is 12.8 Å². The predicted octanol–water partition coefficient (Wildman–Crippen LogP) is 3.78. The second kappa shape index (κ2) is 5.67. The Kier molecular flexibility index (Phi) is 4.14. The molecule has 1 aromatic heterocycles. The van der Waals surface area contributed by atoms with Crippen LogP contribution in [0.15, 0.2) is 30.3 Å². The zero-order valence-corrected chi connectivity index (χ0v) is 13.1. The summed E-state index contributed by atoms with van der Waals surface area (Å²) >= 11 is 1.72. The first kappa shape index (κ1) is 14.6. The number of aryl methyl sites for hydroxylation is 2. The van der Waals surface area contributed by atoms with E-state index < -0.39 is 0 Å². The van der Waals surface area contributed by atoms with Crippen molar-refractivity contribution in [1.29, 1.82) is 0 Å². The molecule has 0 aliphatic rings. The van der Waals surface area contributed by atoms with E-state index in [1.165, 1.54) is 9.75 Å². The Morgan fingerprint density at radius 1 is 1.25 bits per heavy atom. The second-order valence-corrected chi connectivity index (χ2v) is 6.49. The second-order valence-electron chi connectivity index (χ2n) is 5.17. The molecular formula is C16H20N2OS. The summed E-state index contributed by atoms with van der Waals surface area (Å²) in [6.45, 7) is 6.06. The third kappa shape index (κ3) is 3.02. The molecule has 2 N–H and O–H groups in total. The minimum Gasteiger partial charge on any atom is -0.399 e. The summed E-state index contributed by atoms with van der Waals surface area (Å²) in [5.41, 5.74) is 8.09. The number of carbonyl (C=O) groups is 1. The molecule has 0 saturated carbocycles. The maximum atomic E-state index is 12.5. The van der Waals surface area contributed by atoms with Gasteiger partial charge in [-0.2, -0.15) is 0 Å². The highest BCUT2D eigenvalue weighted by atomic mass is 32.1. The molecule has 0 radical (unpaired) electrons. The predicted molar refractivity (Wildman–Crippen MR) is 85.2 cm³/mol. The molecule has 0 saturated heterocycles. The lowest BCUT2D eigenvalue weighted by Gasteiger charge is -2.24. The summed E-state index contributed by atoms with van der Waals surface area (Å²) in [5, 5.41) is 0. The first-order valence-corrected chi connectivity index (χ1v) is 7.41. The van der Waals surface area contributed by atoms with Gasteiger partial charge in [-0.1, -0.05) is 0 Å². The minimum absolute atomic E-state index is 0.000969. The first-order valence-electron chi connectivity index (χ1n) is 6.59. The van der Waals surface area contributed by atoms with E-state index in [4.69, 9.17) is 5.73 Å². The van der Waals surface area contributed by atoms with Crippen LogP contribution in [-0.4, -0.2) is 17.9 Å². The fourth-order valence-electron chi connectivity index (χ4n) is 2.18. The van der Waals surface area contributed by atoms with Crippen molar-refractivity contribution in [1.82, 2.24) is 4.90 Å². The third-order valence-electron chi connectivity index (χ3n) is 3.42. The maximum absolute atomic E-state index is 12.5. The number of carbonyl (C=O) groups excluding carboxylic acids is 1. The molecule has 1 amide bonds. The lowest BCUT2D eigenvalue weighted by molar-refractivity contribution is 0.0745.